The molecule has 1 saturated carbocycles. The largest absolute Gasteiger partial charge is 0.459 e. The lowest BCUT2D eigenvalue weighted by atomic mass is 9.72. The summed E-state index contributed by atoms with van der Waals surface area (Å²) < 4.78 is 6.97. The fraction of sp³-hybridized carbons (Fsp3) is 0.379. The minimum Gasteiger partial charge on any atom is -0.459 e. The van der Waals surface area contributed by atoms with E-state index < -0.39 is 5.92 Å². The minimum atomic E-state index is -0.412. The zero-order chi connectivity index (χ0) is 23.7. The van der Waals surface area contributed by atoms with Crippen LogP contribution in [0.1, 0.15) is 74.8 Å². The van der Waals surface area contributed by atoms with Crippen molar-refractivity contribution in [3.8, 4) is 0 Å². The molecule has 34 heavy (non-hydrogen) atoms. The predicted molar refractivity (Wildman–Crippen MR) is 136 cm³/mol. The summed E-state index contributed by atoms with van der Waals surface area (Å²) >= 11 is 3.51. The summed E-state index contributed by atoms with van der Waals surface area (Å²) in [6, 6.07) is 18.2. The number of carbonyl (C=O) groups excluding carboxylic acids is 2. The van der Waals surface area contributed by atoms with Crippen LogP contribution in [-0.4, -0.2) is 17.9 Å². The van der Waals surface area contributed by atoms with Crippen molar-refractivity contribution in [3.05, 3.63) is 92.7 Å². The molecular formula is C29H30BrNO3. The Balaban J connectivity index is 1.52. The SMILES string of the molecule is CC1=C(C(=O)OC2CCCCC2)[C@@H](c2ccc(Br)cc2)C2=C(C[C@H](c3ccccc3)CC2=O)N1. The Bertz CT molecular complexity index is 1140. The first kappa shape index (κ1) is 23.1. The van der Waals surface area contributed by atoms with E-state index in [1.807, 2.05) is 49.4 Å². The van der Waals surface area contributed by atoms with E-state index in [1.54, 1.807) is 0 Å². The van der Waals surface area contributed by atoms with Crippen LogP contribution >= 0.6 is 15.9 Å². The molecule has 3 aliphatic rings. The molecule has 0 aromatic heterocycles. The van der Waals surface area contributed by atoms with Crippen LogP contribution in [0.5, 0.6) is 0 Å². The highest BCUT2D eigenvalue weighted by Gasteiger charge is 2.41. The molecule has 2 aromatic carbocycles. The number of carbonyl (C=O) groups is 2. The van der Waals surface area contributed by atoms with E-state index in [0.29, 0.717) is 12.0 Å². The number of benzene rings is 2. The van der Waals surface area contributed by atoms with Gasteiger partial charge in [-0.15, -0.1) is 0 Å². The van der Waals surface area contributed by atoms with Crippen LogP contribution in [0.25, 0.3) is 0 Å². The topological polar surface area (TPSA) is 55.4 Å². The number of hydrogen-bond donors (Lipinski definition) is 1. The van der Waals surface area contributed by atoms with Gasteiger partial charge in [0, 0.05) is 33.8 Å². The number of Topliss-reactive ketones (excluding diaryl/α,β-unsaturated/α-hetero) is 1. The minimum absolute atomic E-state index is 0.0352. The first-order chi connectivity index (χ1) is 16.5. The van der Waals surface area contributed by atoms with Crippen molar-refractivity contribution < 1.29 is 14.3 Å². The molecule has 1 fully saturated rings. The third-order valence-corrected chi connectivity index (χ3v) is 7.88. The van der Waals surface area contributed by atoms with Gasteiger partial charge in [0.05, 0.1) is 5.57 Å². The molecule has 0 amide bonds. The Morgan fingerprint density at radius 2 is 1.65 bits per heavy atom. The van der Waals surface area contributed by atoms with Gasteiger partial charge in [-0.2, -0.15) is 0 Å². The van der Waals surface area contributed by atoms with Crippen molar-refractivity contribution in [2.24, 2.45) is 0 Å². The molecule has 5 rings (SSSR count). The standard InChI is InChI=1S/C29H30BrNO3/c1-18-26(29(33)34-23-10-6-3-7-11-23)27(20-12-14-22(30)15-13-20)28-24(31-18)16-21(17-25(28)32)19-8-4-2-5-9-19/h2,4-5,8-9,12-15,21,23,27,31H,3,6-7,10-11,16-17H2,1H3/t21-,27+/m0/s1. The summed E-state index contributed by atoms with van der Waals surface area (Å²) in [5, 5.41) is 3.46. The zero-order valence-electron chi connectivity index (χ0n) is 19.5. The van der Waals surface area contributed by atoms with E-state index in [0.717, 1.165) is 59.1 Å². The fourth-order valence-corrected chi connectivity index (χ4v) is 5.92. The number of allylic oxidation sites excluding steroid dienone is 3. The molecule has 2 aliphatic carbocycles. The van der Waals surface area contributed by atoms with Gasteiger partial charge < -0.3 is 10.1 Å². The third kappa shape index (κ3) is 4.63. The first-order valence-corrected chi connectivity index (χ1v) is 13.1. The van der Waals surface area contributed by atoms with Gasteiger partial charge >= 0.3 is 5.97 Å². The Morgan fingerprint density at radius 1 is 0.941 bits per heavy atom. The summed E-state index contributed by atoms with van der Waals surface area (Å²) in [5.74, 6) is -0.473. The molecule has 1 heterocycles. The summed E-state index contributed by atoms with van der Waals surface area (Å²) in [6.45, 7) is 1.93. The predicted octanol–water partition coefficient (Wildman–Crippen LogP) is 6.69. The zero-order valence-corrected chi connectivity index (χ0v) is 21.1. The van der Waals surface area contributed by atoms with Crippen molar-refractivity contribution in [2.75, 3.05) is 0 Å². The van der Waals surface area contributed by atoms with Gasteiger partial charge in [-0.3, -0.25) is 4.79 Å². The van der Waals surface area contributed by atoms with Crippen molar-refractivity contribution in [1.82, 2.24) is 5.32 Å². The van der Waals surface area contributed by atoms with Gasteiger partial charge in [-0.1, -0.05) is 64.8 Å². The number of esters is 1. The number of dihydropyridines is 1. The molecule has 2 aromatic rings. The highest BCUT2D eigenvalue weighted by atomic mass is 79.9. The average Bonchev–Trinajstić information content (AvgIpc) is 2.84. The number of ketones is 1. The molecule has 0 saturated heterocycles. The van der Waals surface area contributed by atoms with E-state index in [2.05, 4.69) is 33.4 Å². The van der Waals surface area contributed by atoms with Crippen LogP contribution in [0.4, 0.5) is 0 Å². The van der Waals surface area contributed by atoms with Crippen LogP contribution in [0.3, 0.4) is 0 Å². The second kappa shape index (κ2) is 9.91. The maximum Gasteiger partial charge on any atom is 0.337 e. The number of hydrogen-bond acceptors (Lipinski definition) is 4. The Morgan fingerprint density at radius 3 is 2.35 bits per heavy atom. The third-order valence-electron chi connectivity index (χ3n) is 7.35. The first-order valence-electron chi connectivity index (χ1n) is 12.3. The van der Waals surface area contributed by atoms with Crippen LogP contribution < -0.4 is 5.32 Å². The highest BCUT2D eigenvalue weighted by molar-refractivity contribution is 9.10. The number of nitrogens with one attached hydrogen (secondary N) is 1. The maximum atomic E-state index is 13.6. The second-order valence-corrected chi connectivity index (χ2v) is 10.6. The summed E-state index contributed by atoms with van der Waals surface area (Å²) in [5.41, 5.74) is 5.12. The molecule has 176 valence electrons. The van der Waals surface area contributed by atoms with Crippen molar-refractivity contribution in [3.63, 3.8) is 0 Å². The highest BCUT2D eigenvalue weighted by Crippen LogP contribution is 2.46. The molecule has 1 aliphatic heterocycles. The van der Waals surface area contributed by atoms with E-state index >= 15 is 0 Å². The van der Waals surface area contributed by atoms with Crippen molar-refractivity contribution >= 4 is 27.7 Å². The Hall–Kier alpha value is -2.66. The molecule has 2 atom stereocenters. The van der Waals surface area contributed by atoms with E-state index in [4.69, 9.17) is 4.74 Å². The number of halogens is 1. The summed E-state index contributed by atoms with van der Waals surface area (Å²) in [6.07, 6.45) is 6.39. The summed E-state index contributed by atoms with van der Waals surface area (Å²) in [4.78, 5) is 27.2. The molecule has 5 heteroatoms. The van der Waals surface area contributed by atoms with Gasteiger partial charge in [0.25, 0.3) is 0 Å². The van der Waals surface area contributed by atoms with Crippen LogP contribution in [0, 0.1) is 0 Å². The van der Waals surface area contributed by atoms with Gasteiger partial charge in [0.15, 0.2) is 5.78 Å². The fourth-order valence-electron chi connectivity index (χ4n) is 5.66. The monoisotopic (exact) mass is 519 g/mol. The molecule has 0 radical (unpaired) electrons. The van der Waals surface area contributed by atoms with Crippen LogP contribution in [-0.2, 0) is 14.3 Å². The summed E-state index contributed by atoms with van der Waals surface area (Å²) in [7, 11) is 0. The molecule has 1 N–H and O–H groups in total. The lowest BCUT2D eigenvalue weighted by Crippen LogP contribution is -2.37. The lowest BCUT2D eigenvalue weighted by Gasteiger charge is -2.37. The van der Waals surface area contributed by atoms with Gasteiger partial charge in [0.2, 0.25) is 0 Å². The van der Waals surface area contributed by atoms with Gasteiger partial charge in [0.1, 0.15) is 6.10 Å². The number of rotatable bonds is 4. The molecule has 0 unspecified atom stereocenters. The van der Waals surface area contributed by atoms with Crippen molar-refractivity contribution in [2.45, 2.75) is 69.8 Å². The molecule has 0 bridgehead atoms. The second-order valence-electron chi connectivity index (χ2n) is 9.64. The van der Waals surface area contributed by atoms with Crippen LogP contribution in [0.15, 0.2) is 81.6 Å². The smallest absolute Gasteiger partial charge is 0.337 e. The Labute approximate surface area is 209 Å². The quantitative estimate of drug-likeness (QED) is 0.457. The lowest BCUT2D eigenvalue weighted by molar-refractivity contribution is -0.146. The maximum absolute atomic E-state index is 13.6. The van der Waals surface area contributed by atoms with Crippen LogP contribution in [0.2, 0.25) is 0 Å². The average molecular weight is 520 g/mol. The van der Waals surface area contributed by atoms with Crippen molar-refractivity contribution in [1.29, 1.82) is 0 Å². The van der Waals surface area contributed by atoms with E-state index in [9.17, 15) is 9.59 Å². The Kier molecular flexibility index (Phi) is 6.73. The van der Waals surface area contributed by atoms with Gasteiger partial charge in [-0.05, 0) is 68.2 Å². The molecule has 4 nitrogen and oxygen atoms in total. The van der Waals surface area contributed by atoms with E-state index in [-0.39, 0.29) is 23.8 Å². The molecule has 0 spiro atoms. The normalized spacial score (nSPS) is 23.4. The number of ether oxygens (including phenoxy) is 1. The van der Waals surface area contributed by atoms with Gasteiger partial charge in [-0.25, -0.2) is 4.79 Å². The molecular weight excluding hydrogens is 490 g/mol. The van der Waals surface area contributed by atoms with E-state index in [1.165, 1.54) is 12.0 Å².